The number of nitrogens with zero attached hydrogens (tertiary/aromatic N) is 4. The van der Waals surface area contributed by atoms with E-state index in [1.807, 2.05) is 5.32 Å². The number of carbonyl (C=O) groups is 1. The van der Waals surface area contributed by atoms with Gasteiger partial charge in [-0.3, -0.25) is 20.0 Å². The van der Waals surface area contributed by atoms with Crippen LogP contribution in [0.4, 0.5) is 22.1 Å². The maximum atomic E-state index is 12.4. The molecule has 0 aliphatic heterocycles. The number of nitro groups is 1. The molecule has 2 rings (SSSR count). The summed E-state index contributed by atoms with van der Waals surface area (Å²) in [5.74, 6) is -0.453. The molecule has 1 aromatic heterocycles. The van der Waals surface area contributed by atoms with Crippen LogP contribution < -0.4 is 19.1 Å². The Bertz CT molecular complexity index is 958. The predicted molar refractivity (Wildman–Crippen MR) is 91.3 cm³/mol. The molecule has 0 fully saturated rings. The number of nitrogens with one attached hydrogen (secondary N) is 1. The number of urea groups is 1. The number of methoxy groups -OCH3 is 2. The Kier molecular flexibility index (Phi) is 5.72. The lowest BCUT2D eigenvalue weighted by Crippen LogP contribution is -2.40. The van der Waals surface area contributed by atoms with Gasteiger partial charge in [0.15, 0.2) is 0 Å². The van der Waals surface area contributed by atoms with Crippen molar-refractivity contribution in [3.05, 3.63) is 40.4 Å². The lowest BCUT2D eigenvalue weighted by Gasteiger charge is -2.18. The first-order chi connectivity index (χ1) is 12.7. The zero-order chi connectivity index (χ0) is 20.2. The largest absolute Gasteiger partial charge is 0.481 e. The molecule has 0 bridgehead atoms. The van der Waals surface area contributed by atoms with Crippen LogP contribution in [0, 0.1) is 10.1 Å². The van der Waals surface area contributed by atoms with Gasteiger partial charge in [-0.15, -0.1) is 0 Å². The number of ether oxygens (including phenoxy) is 2. The van der Waals surface area contributed by atoms with E-state index in [-0.39, 0.29) is 16.1 Å². The fourth-order valence-corrected chi connectivity index (χ4v) is 2.60. The monoisotopic (exact) mass is 399 g/mol. The van der Waals surface area contributed by atoms with Crippen molar-refractivity contribution in [2.45, 2.75) is 0 Å². The van der Waals surface area contributed by atoms with E-state index in [2.05, 4.69) is 9.97 Å². The van der Waals surface area contributed by atoms with Crippen molar-refractivity contribution in [2.75, 3.05) is 23.8 Å². The second kappa shape index (κ2) is 7.79. The average Bonchev–Trinajstić information content (AvgIpc) is 2.60. The van der Waals surface area contributed by atoms with E-state index < -0.39 is 38.6 Å². The van der Waals surface area contributed by atoms with Gasteiger partial charge in [-0.05, 0) is 6.07 Å². The molecular formula is C13H13N5O8S. The van der Waals surface area contributed by atoms with Gasteiger partial charge in [-0.2, -0.15) is 22.7 Å². The van der Waals surface area contributed by atoms with Crippen molar-refractivity contribution >= 4 is 33.7 Å². The molecule has 0 saturated heterocycles. The first-order valence-electron chi connectivity index (χ1n) is 6.96. The quantitative estimate of drug-likeness (QED) is 0.408. The summed E-state index contributed by atoms with van der Waals surface area (Å²) in [7, 11) is -2.66. The van der Waals surface area contributed by atoms with E-state index in [1.54, 1.807) is 0 Å². The number of aromatic nitrogens is 2. The highest BCUT2D eigenvalue weighted by Gasteiger charge is 2.33. The van der Waals surface area contributed by atoms with Crippen LogP contribution in [0.1, 0.15) is 0 Å². The summed E-state index contributed by atoms with van der Waals surface area (Å²) >= 11 is 0. The number of anilines is 2. The van der Waals surface area contributed by atoms with E-state index in [0.29, 0.717) is 0 Å². The van der Waals surface area contributed by atoms with E-state index in [1.165, 1.54) is 32.4 Å². The van der Waals surface area contributed by atoms with Gasteiger partial charge >= 0.3 is 16.3 Å². The van der Waals surface area contributed by atoms with Gasteiger partial charge in [0.1, 0.15) is 5.69 Å². The molecule has 2 amide bonds. The smallest absolute Gasteiger partial charge is 0.368 e. The fraction of sp³-hybridized carbons (Fsp3) is 0.154. The van der Waals surface area contributed by atoms with E-state index in [9.17, 15) is 27.9 Å². The molecule has 1 aromatic carbocycles. The third-order valence-corrected chi connectivity index (χ3v) is 3.85. The molecule has 0 saturated carbocycles. The van der Waals surface area contributed by atoms with Crippen LogP contribution in [0.5, 0.6) is 11.8 Å². The van der Waals surface area contributed by atoms with Crippen LogP contribution in [0.2, 0.25) is 0 Å². The van der Waals surface area contributed by atoms with Crippen LogP contribution in [-0.2, 0) is 10.3 Å². The Morgan fingerprint density at radius 2 is 1.78 bits per heavy atom. The predicted octanol–water partition coefficient (Wildman–Crippen LogP) is 1.24. The Labute approximate surface area is 152 Å². The summed E-state index contributed by atoms with van der Waals surface area (Å²) < 4.78 is 42.4. The molecule has 0 unspecified atom stereocenters. The Morgan fingerprint density at radius 3 is 2.26 bits per heavy atom. The molecule has 144 valence electrons. The second-order valence-electron chi connectivity index (χ2n) is 4.69. The molecular weight excluding hydrogens is 386 g/mol. The minimum absolute atomic E-state index is 0.0127. The highest BCUT2D eigenvalue weighted by atomic mass is 32.2. The molecule has 13 nitrogen and oxygen atoms in total. The molecule has 0 aliphatic carbocycles. The average molecular weight is 399 g/mol. The summed E-state index contributed by atoms with van der Waals surface area (Å²) in [5.41, 5.74) is -1.41. The van der Waals surface area contributed by atoms with Gasteiger partial charge in [0.05, 0.1) is 25.2 Å². The van der Waals surface area contributed by atoms with Crippen molar-refractivity contribution in [1.29, 1.82) is 0 Å². The third-order valence-electron chi connectivity index (χ3n) is 3.03. The molecule has 0 spiro atoms. The van der Waals surface area contributed by atoms with Crippen LogP contribution in [0.3, 0.4) is 0 Å². The SMILES string of the molecule is COc1cc(OC)nc(NC(=O)N(c2ccccc2[N+](=O)[O-])S(=O)(=O)O)n1. The van der Waals surface area contributed by atoms with E-state index >= 15 is 0 Å². The first-order valence-corrected chi connectivity index (χ1v) is 8.36. The summed E-state index contributed by atoms with van der Waals surface area (Å²) in [5, 5.41) is 13.1. The van der Waals surface area contributed by atoms with Gasteiger partial charge in [-0.1, -0.05) is 12.1 Å². The number of hydrogen-bond donors (Lipinski definition) is 2. The molecule has 2 aromatic rings. The summed E-state index contributed by atoms with van der Waals surface area (Å²) in [6.45, 7) is 0. The Morgan fingerprint density at radius 1 is 1.22 bits per heavy atom. The lowest BCUT2D eigenvalue weighted by molar-refractivity contribution is -0.384. The molecule has 14 heteroatoms. The van der Waals surface area contributed by atoms with Gasteiger partial charge in [0.2, 0.25) is 17.7 Å². The van der Waals surface area contributed by atoms with Gasteiger partial charge in [0.25, 0.3) is 5.69 Å². The Hall–Kier alpha value is -3.52. The number of nitro benzene ring substituents is 1. The van der Waals surface area contributed by atoms with Gasteiger partial charge in [-0.25, -0.2) is 4.79 Å². The van der Waals surface area contributed by atoms with Crippen molar-refractivity contribution in [2.24, 2.45) is 0 Å². The zero-order valence-electron chi connectivity index (χ0n) is 13.9. The molecule has 1 heterocycles. The minimum Gasteiger partial charge on any atom is -0.481 e. The normalized spacial score (nSPS) is 10.8. The topological polar surface area (TPSA) is 174 Å². The van der Waals surface area contributed by atoms with Gasteiger partial charge < -0.3 is 9.47 Å². The molecule has 27 heavy (non-hydrogen) atoms. The summed E-state index contributed by atoms with van der Waals surface area (Å²) in [4.78, 5) is 30.2. The number of carbonyl (C=O) groups excluding carboxylic acids is 1. The summed E-state index contributed by atoms with van der Waals surface area (Å²) in [6.07, 6.45) is 0. The van der Waals surface area contributed by atoms with Crippen molar-refractivity contribution < 1.29 is 32.2 Å². The second-order valence-corrected chi connectivity index (χ2v) is 5.96. The molecule has 0 atom stereocenters. The van der Waals surface area contributed by atoms with E-state index in [4.69, 9.17) is 9.47 Å². The number of para-hydroxylation sites is 2. The third kappa shape index (κ3) is 4.56. The molecule has 2 N–H and O–H groups in total. The number of benzene rings is 1. The highest BCUT2D eigenvalue weighted by Crippen LogP contribution is 2.30. The van der Waals surface area contributed by atoms with Crippen molar-refractivity contribution in [1.82, 2.24) is 9.97 Å². The fourth-order valence-electron chi connectivity index (χ4n) is 1.94. The number of amides is 2. The van der Waals surface area contributed by atoms with Crippen LogP contribution in [-0.4, -0.2) is 48.1 Å². The maximum absolute atomic E-state index is 12.4. The number of rotatable bonds is 6. The van der Waals surface area contributed by atoms with Crippen LogP contribution in [0.25, 0.3) is 0 Å². The first kappa shape index (κ1) is 19.8. The highest BCUT2D eigenvalue weighted by molar-refractivity contribution is 7.88. The van der Waals surface area contributed by atoms with Crippen LogP contribution >= 0.6 is 0 Å². The van der Waals surface area contributed by atoms with Crippen molar-refractivity contribution in [3.8, 4) is 11.8 Å². The van der Waals surface area contributed by atoms with Gasteiger partial charge in [0, 0.05) is 6.07 Å². The van der Waals surface area contributed by atoms with E-state index in [0.717, 1.165) is 12.1 Å². The maximum Gasteiger partial charge on any atom is 0.368 e. The minimum atomic E-state index is -5.23. The standard InChI is InChI=1S/C13H13N5O8S/c1-25-10-7-11(26-2)15-12(14-10)16-13(19)17(27(22,23)24)8-5-3-4-6-9(8)18(20)21/h3-7H,1-2H3,(H,22,23,24)(H,14,15,16,19). The van der Waals surface area contributed by atoms with Crippen molar-refractivity contribution in [3.63, 3.8) is 0 Å². The summed E-state index contributed by atoms with van der Waals surface area (Å²) in [6, 6.07) is 4.27. The zero-order valence-corrected chi connectivity index (χ0v) is 14.7. The molecule has 0 aliphatic rings. The number of hydrogen-bond acceptors (Lipinski definition) is 9. The molecule has 0 radical (unpaired) electrons. The van der Waals surface area contributed by atoms with Crippen LogP contribution in [0.15, 0.2) is 30.3 Å². The lowest BCUT2D eigenvalue weighted by atomic mass is 10.3. The Balaban J connectivity index is 2.48.